The maximum absolute atomic E-state index is 12.1. The highest BCUT2D eigenvalue weighted by molar-refractivity contribution is 6.33. The summed E-state index contributed by atoms with van der Waals surface area (Å²) in [5.74, 6) is -0.133. The Morgan fingerprint density at radius 3 is 2.42 bits per heavy atom. The Labute approximate surface area is 123 Å². The lowest BCUT2D eigenvalue weighted by molar-refractivity contribution is 0.0928. The second-order valence-corrected chi connectivity index (χ2v) is 6.02. The zero-order valence-corrected chi connectivity index (χ0v) is 12.5. The van der Waals surface area contributed by atoms with E-state index in [-0.39, 0.29) is 21.6 Å². The summed E-state index contributed by atoms with van der Waals surface area (Å²) in [6.07, 6.45) is 6.02. The lowest BCUT2D eigenvalue weighted by atomic mass is 9.83. The Balaban J connectivity index is 2.01. The van der Waals surface area contributed by atoms with Crippen LogP contribution in [-0.2, 0) is 0 Å². The van der Waals surface area contributed by atoms with Crippen molar-refractivity contribution in [1.29, 1.82) is 0 Å². The van der Waals surface area contributed by atoms with Crippen LogP contribution in [0.15, 0.2) is 12.1 Å². The predicted molar refractivity (Wildman–Crippen MR) is 77.8 cm³/mol. The average molecular weight is 301 g/mol. The van der Waals surface area contributed by atoms with Crippen molar-refractivity contribution in [3.63, 3.8) is 0 Å². The van der Waals surface area contributed by atoms with Crippen molar-refractivity contribution in [3.05, 3.63) is 28.0 Å². The van der Waals surface area contributed by atoms with Gasteiger partial charge in [0.15, 0.2) is 0 Å². The quantitative estimate of drug-likeness (QED) is 0.851. The summed E-state index contributed by atoms with van der Waals surface area (Å²) in [6.45, 7) is 2.91. The maximum atomic E-state index is 12.1. The first-order valence-electron chi connectivity index (χ1n) is 6.66. The van der Waals surface area contributed by atoms with Gasteiger partial charge < -0.3 is 5.32 Å². The lowest BCUT2D eigenvalue weighted by Crippen LogP contribution is -2.35. The number of hydrogen-bond acceptors (Lipinski definition) is 2. The van der Waals surface area contributed by atoms with Crippen LogP contribution >= 0.6 is 23.2 Å². The maximum Gasteiger partial charge on any atom is 0.251 e. The molecule has 19 heavy (non-hydrogen) atoms. The molecule has 1 amide bonds. The molecule has 0 spiro atoms. The van der Waals surface area contributed by atoms with E-state index >= 15 is 0 Å². The molecule has 0 bridgehead atoms. The molecule has 1 aromatic rings. The Bertz CT molecular complexity index is 450. The topological polar surface area (TPSA) is 42.0 Å². The highest BCUT2D eigenvalue weighted by Gasteiger charge is 2.32. The minimum absolute atomic E-state index is 0.133. The number of carbonyl (C=O) groups excluding carboxylic acids is 1. The van der Waals surface area contributed by atoms with Crippen LogP contribution in [0.5, 0.6) is 0 Å². The molecule has 2 rings (SSSR count). The van der Waals surface area contributed by atoms with Gasteiger partial charge in [-0.1, -0.05) is 43.0 Å². The average Bonchev–Trinajstić information content (AvgIpc) is 2.84. The molecular weight excluding hydrogens is 283 g/mol. The number of aromatic nitrogens is 1. The van der Waals surface area contributed by atoms with E-state index in [0.29, 0.717) is 5.56 Å². The number of amides is 1. The van der Waals surface area contributed by atoms with Crippen molar-refractivity contribution in [2.45, 2.75) is 39.0 Å². The summed E-state index contributed by atoms with van der Waals surface area (Å²) < 4.78 is 0. The van der Waals surface area contributed by atoms with Crippen LogP contribution in [0, 0.1) is 5.41 Å². The van der Waals surface area contributed by atoms with E-state index in [1.165, 1.54) is 37.8 Å². The van der Waals surface area contributed by atoms with Crippen LogP contribution in [0.3, 0.4) is 0 Å². The van der Waals surface area contributed by atoms with E-state index in [4.69, 9.17) is 23.2 Å². The van der Waals surface area contributed by atoms with E-state index in [1.807, 2.05) is 0 Å². The molecular formula is C14H18Cl2N2O. The smallest absolute Gasteiger partial charge is 0.251 e. The fraction of sp³-hybridized carbons (Fsp3) is 0.571. The van der Waals surface area contributed by atoms with Crippen LogP contribution in [0.25, 0.3) is 0 Å². The number of nitrogens with zero attached hydrogens (tertiary/aromatic N) is 1. The third kappa shape index (κ3) is 3.61. The summed E-state index contributed by atoms with van der Waals surface area (Å²) >= 11 is 11.6. The van der Waals surface area contributed by atoms with Crippen molar-refractivity contribution in [3.8, 4) is 0 Å². The molecule has 0 saturated heterocycles. The molecule has 0 radical (unpaired) electrons. The third-order valence-corrected chi connectivity index (χ3v) is 4.45. The van der Waals surface area contributed by atoms with Crippen molar-refractivity contribution < 1.29 is 4.79 Å². The number of hydrogen-bond donors (Lipinski definition) is 1. The predicted octanol–water partition coefficient (Wildman–Crippen LogP) is 4.09. The van der Waals surface area contributed by atoms with E-state index in [2.05, 4.69) is 17.2 Å². The Morgan fingerprint density at radius 1 is 1.32 bits per heavy atom. The van der Waals surface area contributed by atoms with Gasteiger partial charge in [0.05, 0.1) is 0 Å². The van der Waals surface area contributed by atoms with Crippen LogP contribution < -0.4 is 5.32 Å². The number of carbonyl (C=O) groups is 1. The molecule has 0 aromatic carbocycles. The van der Waals surface area contributed by atoms with Gasteiger partial charge in [0.25, 0.3) is 5.91 Å². The van der Waals surface area contributed by atoms with Gasteiger partial charge in [-0.25, -0.2) is 4.98 Å². The van der Waals surface area contributed by atoms with Gasteiger partial charge in [0, 0.05) is 12.1 Å². The van der Waals surface area contributed by atoms with E-state index in [1.54, 1.807) is 0 Å². The van der Waals surface area contributed by atoms with Gasteiger partial charge in [0.2, 0.25) is 0 Å². The number of pyridine rings is 1. The van der Waals surface area contributed by atoms with E-state index < -0.39 is 0 Å². The third-order valence-electron chi connectivity index (χ3n) is 4.06. The number of nitrogens with one attached hydrogen (secondary N) is 1. The SMILES string of the molecule is CCC1(CNC(=O)c2cc(Cl)nc(Cl)c2)CCCC1. The largest absolute Gasteiger partial charge is 0.351 e. The van der Waals surface area contributed by atoms with Crippen molar-refractivity contribution in [1.82, 2.24) is 10.3 Å². The first-order valence-corrected chi connectivity index (χ1v) is 7.41. The fourth-order valence-electron chi connectivity index (χ4n) is 2.75. The monoisotopic (exact) mass is 300 g/mol. The molecule has 1 aliphatic rings. The van der Waals surface area contributed by atoms with Gasteiger partial charge in [-0.15, -0.1) is 0 Å². The molecule has 1 fully saturated rings. The van der Waals surface area contributed by atoms with Gasteiger partial charge in [-0.3, -0.25) is 4.79 Å². The minimum atomic E-state index is -0.133. The second kappa shape index (κ2) is 6.10. The van der Waals surface area contributed by atoms with Crippen molar-refractivity contribution >= 4 is 29.1 Å². The molecule has 0 aliphatic heterocycles. The molecule has 3 nitrogen and oxygen atoms in total. The fourth-order valence-corrected chi connectivity index (χ4v) is 3.21. The molecule has 1 aromatic heterocycles. The summed E-state index contributed by atoms with van der Waals surface area (Å²) in [7, 11) is 0. The molecule has 0 unspecified atom stereocenters. The van der Waals surface area contributed by atoms with Gasteiger partial charge in [0.1, 0.15) is 10.3 Å². The van der Waals surface area contributed by atoms with E-state index in [9.17, 15) is 4.79 Å². The molecule has 1 heterocycles. The number of rotatable bonds is 4. The van der Waals surface area contributed by atoms with Gasteiger partial charge in [-0.05, 0) is 36.8 Å². The zero-order valence-electron chi connectivity index (χ0n) is 11.0. The Morgan fingerprint density at radius 2 is 1.89 bits per heavy atom. The van der Waals surface area contributed by atoms with Gasteiger partial charge >= 0.3 is 0 Å². The lowest BCUT2D eigenvalue weighted by Gasteiger charge is -2.27. The first-order chi connectivity index (χ1) is 9.04. The number of halogens is 2. The highest BCUT2D eigenvalue weighted by atomic mass is 35.5. The van der Waals surface area contributed by atoms with Gasteiger partial charge in [-0.2, -0.15) is 0 Å². The standard InChI is InChI=1S/C14H18Cl2N2O/c1-2-14(5-3-4-6-14)9-17-13(19)10-7-11(15)18-12(16)8-10/h7-8H,2-6,9H2,1H3,(H,17,19). The van der Waals surface area contributed by atoms with Crippen molar-refractivity contribution in [2.24, 2.45) is 5.41 Å². The van der Waals surface area contributed by atoms with Crippen LogP contribution in [0.2, 0.25) is 10.3 Å². The van der Waals surface area contributed by atoms with Crippen molar-refractivity contribution in [2.75, 3.05) is 6.54 Å². The molecule has 5 heteroatoms. The molecule has 1 N–H and O–H groups in total. The normalized spacial score (nSPS) is 17.4. The van der Waals surface area contributed by atoms with Crippen LogP contribution in [0.4, 0.5) is 0 Å². The first kappa shape index (κ1) is 14.6. The molecule has 104 valence electrons. The summed E-state index contributed by atoms with van der Waals surface area (Å²) in [6, 6.07) is 3.08. The molecule has 1 saturated carbocycles. The Hall–Kier alpha value is -0.800. The highest BCUT2D eigenvalue weighted by Crippen LogP contribution is 2.40. The second-order valence-electron chi connectivity index (χ2n) is 5.24. The summed E-state index contributed by atoms with van der Waals surface area (Å²) in [5.41, 5.74) is 0.741. The molecule has 1 aliphatic carbocycles. The van der Waals surface area contributed by atoms with Crippen LogP contribution in [0.1, 0.15) is 49.4 Å². The van der Waals surface area contributed by atoms with Crippen LogP contribution in [-0.4, -0.2) is 17.4 Å². The summed E-state index contributed by atoms with van der Waals surface area (Å²) in [4.78, 5) is 15.9. The molecule has 0 atom stereocenters. The summed E-state index contributed by atoms with van der Waals surface area (Å²) in [5, 5.41) is 3.48. The minimum Gasteiger partial charge on any atom is -0.351 e. The Kier molecular flexibility index (Phi) is 4.69. The zero-order chi connectivity index (χ0) is 13.9. The van der Waals surface area contributed by atoms with E-state index in [0.717, 1.165) is 13.0 Å².